The van der Waals surface area contributed by atoms with Gasteiger partial charge in [0.15, 0.2) is 0 Å². The highest BCUT2D eigenvalue weighted by molar-refractivity contribution is 7.85. The number of amides is 1. The van der Waals surface area contributed by atoms with Crippen molar-refractivity contribution in [3.05, 3.63) is 40.7 Å². The molecular weight excluding hydrogens is 460 g/mol. The van der Waals surface area contributed by atoms with Crippen LogP contribution in [0.25, 0.3) is 10.2 Å². The number of anilines is 1. The zero-order valence-electron chi connectivity index (χ0n) is 17.1. The number of halogens is 1. The van der Waals surface area contributed by atoms with Gasteiger partial charge in [0.2, 0.25) is 0 Å². The third kappa shape index (κ3) is 5.62. The van der Waals surface area contributed by atoms with E-state index < -0.39 is 10.1 Å². The molecule has 1 aliphatic rings. The fourth-order valence-corrected chi connectivity index (χ4v) is 5.43. The van der Waals surface area contributed by atoms with Crippen LogP contribution >= 0.6 is 23.7 Å². The average molecular weight is 485 g/mol. The van der Waals surface area contributed by atoms with Crippen molar-refractivity contribution in [2.24, 2.45) is 0 Å². The van der Waals surface area contributed by atoms with Crippen LogP contribution in [0.2, 0.25) is 0 Å². The first-order valence-electron chi connectivity index (χ1n) is 10.0. The lowest BCUT2D eigenvalue weighted by atomic mass is 9.96. The maximum atomic E-state index is 12.8. The zero-order valence-corrected chi connectivity index (χ0v) is 19.5. The Bertz CT molecular complexity index is 1170. The fraction of sp³-hybridized carbons (Fsp3) is 0.450. The third-order valence-electron chi connectivity index (χ3n) is 5.41. The number of hydrogen-bond acceptors (Lipinski definition) is 6. The molecule has 0 saturated heterocycles. The Labute approximate surface area is 191 Å². The minimum atomic E-state index is -4.03. The smallest absolute Gasteiger partial charge is 0.265 e. The molecule has 0 aliphatic heterocycles. The Morgan fingerprint density at radius 2 is 2.03 bits per heavy atom. The van der Waals surface area contributed by atoms with Crippen molar-refractivity contribution in [3.63, 3.8) is 0 Å². The number of hydrogen-bond donors (Lipinski definition) is 2. The van der Waals surface area contributed by atoms with E-state index in [2.05, 4.69) is 15.0 Å². The molecule has 0 atom stereocenters. The van der Waals surface area contributed by atoms with Gasteiger partial charge < -0.3 is 5.32 Å². The van der Waals surface area contributed by atoms with Gasteiger partial charge in [-0.3, -0.25) is 19.0 Å². The molecule has 1 saturated carbocycles. The maximum absolute atomic E-state index is 12.8. The van der Waals surface area contributed by atoms with E-state index in [4.69, 9.17) is 9.65 Å². The summed E-state index contributed by atoms with van der Waals surface area (Å²) in [6, 6.07) is 5.61. The van der Waals surface area contributed by atoms with Crippen molar-refractivity contribution in [1.82, 2.24) is 14.8 Å². The van der Waals surface area contributed by atoms with E-state index in [1.54, 1.807) is 12.1 Å². The minimum absolute atomic E-state index is 0. The van der Waals surface area contributed by atoms with Crippen LogP contribution in [-0.4, -0.2) is 39.4 Å². The first kappa shape index (κ1) is 23.6. The summed E-state index contributed by atoms with van der Waals surface area (Å²) < 4.78 is 32.6. The van der Waals surface area contributed by atoms with Crippen molar-refractivity contribution in [2.45, 2.75) is 51.5 Å². The van der Waals surface area contributed by atoms with Gasteiger partial charge >= 0.3 is 0 Å². The number of aromatic nitrogens is 3. The number of nitrogens with zero attached hydrogens (tertiary/aromatic N) is 3. The molecule has 3 heterocycles. The lowest BCUT2D eigenvalue weighted by Gasteiger charge is -2.22. The molecule has 1 amide bonds. The maximum Gasteiger partial charge on any atom is 0.265 e. The van der Waals surface area contributed by atoms with Crippen LogP contribution < -0.4 is 5.32 Å². The quantitative estimate of drug-likeness (QED) is 0.501. The minimum Gasteiger partial charge on any atom is -0.320 e. The molecule has 0 spiro atoms. The van der Waals surface area contributed by atoms with E-state index in [0.29, 0.717) is 22.3 Å². The van der Waals surface area contributed by atoms with E-state index in [9.17, 15) is 13.2 Å². The number of fused-ring (bicyclic) bond motifs is 1. The topological polar surface area (TPSA) is 114 Å². The summed E-state index contributed by atoms with van der Waals surface area (Å²) in [4.78, 5) is 18.6. The van der Waals surface area contributed by atoms with Gasteiger partial charge in [0, 0.05) is 17.5 Å². The van der Waals surface area contributed by atoms with Crippen molar-refractivity contribution in [2.75, 3.05) is 11.1 Å². The standard InChI is InChI=1S/C20H24N4O4S2.ClH/c1-13-17-11-18(29-20(17)24(23-13)16-5-3-2-4-6-16)19(25)22-15-8-7-14(21-12-15)9-10-30(26,27)28;/h7-8,11-12,16H,2-6,9-10H2,1H3,(H,22,25)(H,26,27,28);1H. The predicted molar refractivity (Wildman–Crippen MR) is 124 cm³/mol. The number of rotatable bonds is 6. The van der Waals surface area contributed by atoms with Gasteiger partial charge in [-0.1, -0.05) is 19.3 Å². The highest BCUT2D eigenvalue weighted by atomic mass is 35.5. The number of aryl methyl sites for hydroxylation is 2. The summed E-state index contributed by atoms with van der Waals surface area (Å²) >= 11 is 1.45. The average Bonchev–Trinajstić information content (AvgIpc) is 3.28. The van der Waals surface area contributed by atoms with Gasteiger partial charge in [-0.05, 0) is 38.0 Å². The summed E-state index contributed by atoms with van der Waals surface area (Å²) in [7, 11) is -4.03. The Morgan fingerprint density at radius 3 is 2.68 bits per heavy atom. The molecule has 0 radical (unpaired) electrons. The third-order valence-corrected chi connectivity index (χ3v) is 7.25. The molecule has 2 N–H and O–H groups in total. The second-order valence-electron chi connectivity index (χ2n) is 7.68. The molecule has 1 fully saturated rings. The van der Waals surface area contributed by atoms with E-state index in [-0.39, 0.29) is 30.5 Å². The predicted octanol–water partition coefficient (Wildman–Crippen LogP) is 4.41. The first-order chi connectivity index (χ1) is 14.3. The fourth-order valence-electron chi connectivity index (χ4n) is 3.83. The first-order valence-corrected chi connectivity index (χ1v) is 12.4. The summed E-state index contributed by atoms with van der Waals surface area (Å²) in [6.45, 7) is 1.98. The van der Waals surface area contributed by atoms with Crippen LogP contribution in [0.15, 0.2) is 24.4 Å². The highest BCUT2D eigenvalue weighted by Gasteiger charge is 2.22. The molecule has 11 heteroatoms. The van der Waals surface area contributed by atoms with Crippen molar-refractivity contribution in [1.29, 1.82) is 0 Å². The molecule has 168 valence electrons. The van der Waals surface area contributed by atoms with Crippen LogP contribution in [0.3, 0.4) is 0 Å². The largest absolute Gasteiger partial charge is 0.320 e. The molecule has 0 bridgehead atoms. The number of nitrogens with one attached hydrogen (secondary N) is 1. The molecule has 3 aromatic rings. The number of carbonyl (C=O) groups is 1. The molecule has 8 nitrogen and oxygen atoms in total. The summed E-state index contributed by atoms with van der Waals surface area (Å²) in [5.41, 5.74) is 1.99. The molecule has 0 aromatic carbocycles. The van der Waals surface area contributed by atoms with Crippen molar-refractivity contribution in [3.8, 4) is 0 Å². The normalized spacial score (nSPS) is 15.0. The molecule has 1 aliphatic carbocycles. The number of carbonyl (C=O) groups excluding carboxylic acids is 1. The Kier molecular flexibility index (Phi) is 7.35. The Hall–Kier alpha value is -2.01. The van der Waals surface area contributed by atoms with Gasteiger partial charge in [-0.15, -0.1) is 23.7 Å². The second kappa shape index (κ2) is 9.64. The molecule has 4 rings (SSSR count). The zero-order chi connectivity index (χ0) is 21.3. The summed E-state index contributed by atoms with van der Waals surface area (Å²) in [6.07, 6.45) is 7.57. The Balaban J connectivity index is 0.00000272. The van der Waals surface area contributed by atoms with Gasteiger partial charge in [0.25, 0.3) is 16.0 Å². The van der Waals surface area contributed by atoms with Gasteiger partial charge in [-0.25, -0.2) is 0 Å². The van der Waals surface area contributed by atoms with Crippen LogP contribution in [0.1, 0.15) is 59.2 Å². The van der Waals surface area contributed by atoms with Crippen LogP contribution in [0.5, 0.6) is 0 Å². The van der Waals surface area contributed by atoms with Gasteiger partial charge in [-0.2, -0.15) is 13.5 Å². The monoisotopic (exact) mass is 484 g/mol. The van der Waals surface area contributed by atoms with Gasteiger partial charge in [0.05, 0.1) is 34.2 Å². The lowest BCUT2D eigenvalue weighted by Crippen LogP contribution is -2.14. The van der Waals surface area contributed by atoms with Crippen LogP contribution in [-0.2, 0) is 16.5 Å². The van der Waals surface area contributed by atoms with E-state index >= 15 is 0 Å². The SMILES string of the molecule is Cc1nn(C2CCCCC2)c2sc(C(=O)Nc3ccc(CCS(=O)(=O)O)nc3)cc12.Cl. The number of pyridine rings is 1. The summed E-state index contributed by atoms with van der Waals surface area (Å²) in [5.74, 6) is -0.594. The van der Waals surface area contributed by atoms with Gasteiger partial charge in [0.1, 0.15) is 4.83 Å². The molecule has 0 unspecified atom stereocenters. The summed E-state index contributed by atoms with van der Waals surface area (Å²) in [5, 5.41) is 8.59. The van der Waals surface area contributed by atoms with Crippen LogP contribution in [0, 0.1) is 6.92 Å². The second-order valence-corrected chi connectivity index (χ2v) is 10.3. The molecular formula is C20H25ClN4O4S2. The Morgan fingerprint density at radius 1 is 1.29 bits per heavy atom. The number of thiophene rings is 1. The highest BCUT2D eigenvalue weighted by Crippen LogP contribution is 2.35. The van der Waals surface area contributed by atoms with E-state index in [1.807, 2.05) is 13.0 Å². The van der Waals surface area contributed by atoms with Crippen molar-refractivity contribution < 1.29 is 17.8 Å². The molecule has 3 aromatic heterocycles. The lowest BCUT2D eigenvalue weighted by molar-refractivity contribution is 0.103. The van der Waals surface area contributed by atoms with E-state index in [1.165, 1.54) is 36.8 Å². The van der Waals surface area contributed by atoms with Crippen LogP contribution in [0.4, 0.5) is 5.69 Å². The van der Waals surface area contributed by atoms with Crippen molar-refractivity contribution >= 4 is 55.7 Å². The van der Waals surface area contributed by atoms with E-state index in [0.717, 1.165) is 28.8 Å². The molecule has 31 heavy (non-hydrogen) atoms.